The number of nitrogens with zero attached hydrogens (tertiary/aromatic N) is 2. The second kappa shape index (κ2) is 8.02. The average Bonchev–Trinajstić information content (AvgIpc) is 2.88. The van der Waals surface area contributed by atoms with Crippen LogP contribution < -0.4 is 10.1 Å². The normalized spacial score (nSPS) is 10.8. The molecule has 0 aliphatic rings. The Morgan fingerprint density at radius 3 is 2.90 bits per heavy atom. The van der Waals surface area contributed by atoms with Crippen molar-refractivity contribution in [2.75, 3.05) is 20.3 Å². The van der Waals surface area contributed by atoms with Gasteiger partial charge in [0, 0.05) is 44.0 Å². The molecule has 0 saturated carbocycles. The highest BCUT2D eigenvalue weighted by molar-refractivity contribution is 6.30. The van der Waals surface area contributed by atoms with Crippen LogP contribution in [0.5, 0.6) is 5.75 Å². The summed E-state index contributed by atoms with van der Waals surface area (Å²) in [7, 11) is 3.57. The smallest absolute Gasteiger partial charge is 0.132 e. The van der Waals surface area contributed by atoms with Gasteiger partial charge in [0.2, 0.25) is 0 Å². The van der Waals surface area contributed by atoms with Crippen LogP contribution in [0.1, 0.15) is 11.3 Å². The van der Waals surface area contributed by atoms with Gasteiger partial charge >= 0.3 is 0 Å². The van der Waals surface area contributed by atoms with Crippen LogP contribution in [0.25, 0.3) is 0 Å². The van der Waals surface area contributed by atoms with Crippen molar-refractivity contribution in [1.29, 1.82) is 0 Å². The SMILES string of the molecule is COCCNCc1cc(Cl)ccc1OCc1ccn(C)n1. The lowest BCUT2D eigenvalue weighted by molar-refractivity contribution is 0.199. The van der Waals surface area contributed by atoms with Crippen molar-refractivity contribution in [1.82, 2.24) is 15.1 Å². The van der Waals surface area contributed by atoms with Crippen LogP contribution >= 0.6 is 11.6 Å². The number of rotatable bonds is 8. The van der Waals surface area contributed by atoms with E-state index in [0.717, 1.165) is 23.6 Å². The Balaban J connectivity index is 1.97. The number of halogens is 1. The number of nitrogens with one attached hydrogen (secondary N) is 1. The van der Waals surface area contributed by atoms with E-state index < -0.39 is 0 Å². The molecule has 0 aliphatic carbocycles. The fourth-order valence-corrected chi connectivity index (χ4v) is 2.11. The summed E-state index contributed by atoms with van der Waals surface area (Å²) >= 11 is 6.05. The van der Waals surface area contributed by atoms with E-state index in [0.29, 0.717) is 24.8 Å². The second-order valence-corrected chi connectivity index (χ2v) is 5.13. The predicted octanol–water partition coefficient (Wildman–Crippen LogP) is 2.39. The molecule has 6 heteroatoms. The first kappa shape index (κ1) is 15.8. The third-order valence-electron chi connectivity index (χ3n) is 2.97. The maximum Gasteiger partial charge on any atom is 0.132 e. The molecule has 1 N–H and O–H groups in total. The molecule has 0 bridgehead atoms. The highest BCUT2D eigenvalue weighted by Gasteiger charge is 2.06. The lowest BCUT2D eigenvalue weighted by Crippen LogP contribution is -2.19. The van der Waals surface area contributed by atoms with Crippen LogP contribution in [0, 0.1) is 0 Å². The minimum atomic E-state index is 0.438. The minimum absolute atomic E-state index is 0.438. The van der Waals surface area contributed by atoms with Gasteiger partial charge in [0.1, 0.15) is 12.4 Å². The molecule has 0 spiro atoms. The van der Waals surface area contributed by atoms with Crippen LogP contribution in [0.3, 0.4) is 0 Å². The van der Waals surface area contributed by atoms with Gasteiger partial charge in [0.15, 0.2) is 0 Å². The molecular formula is C15H20ClN3O2. The zero-order chi connectivity index (χ0) is 15.1. The maximum atomic E-state index is 6.05. The molecule has 1 aromatic carbocycles. The third kappa shape index (κ3) is 5.04. The Labute approximate surface area is 129 Å². The monoisotopic (exact) mass is 309 g/mol. The van der Waals surface area contributed by atoms with Crippen LogP contribution in [-0.2, 0) is 24.9 Å². The Bertz CT molecular complexity index is 572. The van der Waals surface area contributed by atoms with Gasteiger partial charge in [-0.2, -0.15) is 5.10 Å². The van der Waals surface area contributed by atoms with Crippen molar-refractivity contribution in [2.45, 2.75) is 13.2 Å². The number of hydrogen-bond donors (Lipinski definition) is 1. The quantitative estimate of drug-likeness (QED) is 0.761. The maximum absolute atomic E-state index is 6.05. The summed E-state index contributed by atoms with van der Waals surface area (Å²) in [6.07, 6.45) is 1.90. The molecule has 21 heavy (non-hydrogen) atoms. The molecular weight excluding hydrogens is 290 g/mol. The molecule has 2 aromatic rings. The van der Waals surface area contributed by atoms with Gasteiger partial charge < -0.3 is 14.8 Å². The molecule has 0 radical (unpaired) electrons. The summed E-state index contributed by atoms with van der Waals surface area (Å²) in [6, 6.07) is 7.56. The van der Waals surface area contributed by atoms with Crippen molar-refractivity contribution in [3.63, 3.8) is 0 Å². The molecule has 2 rings (SSSR count). The number of ether oxygens (including phenoxy) is 2. The Morgan fingerprint density at radius 2 is 2.19 bits per heavy atom. The van der Waals surface area contributed by atoms with E-state index in [1.807, 2.05) is 37.5 Å². The highest BCUT2D eigenvalue weighted by atomic mass is 35.5. The van der Waals surface area contributed by atoms with Gasteiger partial charge in [-0.25, -0.2) is 0 Å². The molecule has 0 saturated heterocycles. The summed E-state index contributed by atoms with van der Waals surface area (Å²) < 4.78 is 12.6. The highest BCUT2D eigenvalue weighted by Crippen LogP contribution is 2.23. The first-order valence-corrected chi connectivity index (χ1v) is 7.16. The summed E-state index contributed by atoms with van der Waals surface area (Å²) in [4.78, 5) is 0. The summed E-state index contributed by atoms with van der Waals surface area (Å²) in [5, 5.41) is 8.28. The van der Waals surface area contributed by atoms with E-state index in [2.05, 4.69) is 10.4 Å². The fraction of sp³-hybridized carbons (Fsp3) is 0.400. The second-order valence-electron chi connectivity index (χ2n) is 4.69. The largest absolute Gasteiger partial charge is 0.487 e. The Kier molecular flexibility index (Phi) is 6.04. The zero-order valence-corrected chi connectivity index (χ0v) is 13.1. The van der Waals surface area contributed by atoms with E-state index >= 15 is 0 Å². The number of aryl methyl sites for hydroxylation is 1. The number of hydrogen-bond acceptors (Lipinski definition) is 4. The molecule has 0 atom stereocenters. The molecule has 1 aromatic heterocycles. The Morgan fingerprint density at radius 1 is 1.33 bits per heavy atom. The van der Waals surface area contributed by atoms with Gasteiger partial charge in [-0.1, -0.05) is 11.6 Å². The van der Waals surface area contributed by atoms with Crippen molar-refractivity contribution in [2.24, 2.45) is 7.05 Å². The van der Waals surface area contributed by atoms with Gasteiger partial charge in [-0.3, -0.25) is 4.68 Å². The van der Waals surface area contributed by atoms with E-state index in [1.54, 1.807) is 11.8 Å². The first-order chi connectivity index (χ1) is 10.2. The van der Waals surface area contributed by atoms with E-state index in [-0.39, 0.29) is 0 Å². The predicted molar refractivity (Wildman–Crippen MR) is 82.6 cm³/mol. The van der Waals surface area contributed by atoms with Crippen molar-refractivity contribution in [3.05, 3.63) is 46.7 Å². The van der Waals surface area contributed by atoms with Gasteiger partial charge in [-0.15, -0.1) is 0 Å². The lowest BCUT2D eigenvalue weighted by atomic mass is 10.2. The average molecular weight is 310 g/mol. The molecule has 0 amide bonds. The van der Waals surface area contributed by atoms with Gasteiger partial charge in [0.05, 0.1) is 12.3 Å². The van der Waals surface area contributed by atoms with Gasteiger partial charge in [-0.05, 0) is 24.3 Å². The zero-order valence-electron chi connectivity index (χ0n) is 12.3. The lowest BCUT2D eigenvalue weighted by Gasteiger charge is -2.12. The fourth-order valence-electron chi connectivity index (χ4n) is 1.92. The van der Waals surface area contributed by atoms with E-state index in [1.165, 1.54) is 0 Å². The first-order valence-electron chi connectivity index (χ1n) is 6.78. The van der Waals surface area contributed by atoms with Crippen molar-refractivity contribution < 1.29 is 9.47 Å². The van der Waals surface area contributed by atoms with Crippen molar-refractivity contribution >= 4 is 11.6 Å². The number of benzene rings is 1. The molecule has 0 unspecified atom stereocenters. The number of methoxy groups -OCH3 is 1. The third-order valence-corrected chi connectivity index (χ3v) is 3.20. The molecule has 114 valence electrons. The summed E-state index contributed by atoms with van der Waals surface area (Å²) in [6.45, 7) is 2.57. The van der Waals surface area contributed by atoms with Crippen LogP contribution in [0.2, 0.25) is 5.02 Å². The molecule has 5 nitrogen and oxygen atoms in total. The Hall–Kier alpha value is -1.56. The standard InChI is InChI=1S/C15H20ClN3O2/c1-19-7-5-14(18-19)11-21-15-4-3-13(16)9-12(15)10-17-6-8-20-2/h3-5,7,9,17H,6,8,10-11H2,1-2H3. The van der Waals surface area contributed by atoms with Crippen LogP contribution in [-0.4, -0.2) is 30.0 Å². The van der Waals surface area contributed by atoms with Crippen LogP contribution in [0.15, 0.2) is 30.5 Å². The van der Waals surface area contributed by atoms with Crippen molar-refractivity contribution in [3.8, 4) is 5.75 Å². The summed E-state index contributed by atoms with van der Waals surface area (Å²) in [5.74, 6) is 0.815. The van der Waals surface area contributed by atoms with E-state index in [4.69, 9.17) is 21.1 Å². The molecule has 1 heterocycles. The van der Waals surface area contributed by atoms with Crippen LogP contribution in [0.4, 0.5) is 0 Å². The minimum Gasteiger partial charge on any atom is -0.487 e. The number of aromatic nitrogens is 2. The molecule has 0 aliphatic heterocycles. The van der Waals surface area contributed by atoms with E-state index in [9.17, 15) is 0 Å². The van der Waals surface area contributed by atoms with Gasteiger partial charge in [0.25, 0.3) is 0 Å². The summed E-state index contributed by atoms with van der Waals surface area (Å²) in [5.41, 5.74) is 1.92. The topological polar surface area (TPSA) is 48.3 Å². The molecule has 0 fully saturated rings.